The van der Waals surface area contributed by atoms with Gasteiger partial charge in [0.2, 0.25) is 11.8 Å². The summed E-state index contributed by atoms with van der Waals surface area (Å²) in [4.78, 5) is 29.8. The first-order valence-corrected chi connectivity index (χ1v) is 17.0. The first kappa shape index (κ1) is 34.0. The van der Waals surface area contributed by atoms with E-state index in [1.165, 1.54) is 17.0 Å². The first-order valence-electron chi connectivity index (χ1n) is 14.8. The van der Waals surface area contributed by atoms with Gasteiger partial charge in [-0.2, -0.15) is 0 Å². The molecule has 4 aromatic rings. The van der Waals surface area contributed by atoms with Crippen molar-refractivity contribution in [3.63, 3.8) is 0 Å². The Bertz CT molecular complexity index is 1670. The van der Waals surface area contributed by atoms with Crippen molar-refractivity contribution in [3.8, 4) is 0 Å². The quantitative estimate of drug-likeness (QED) is 0.146. The number of para-hydroxylation sites is 1. The fraction of sp³-hybridized carbons (Fsp3) is 0.257. The van der Waals surface area contributed by atoms with Crippen molar-refractivity contribution in [3.05, 3.63) is 130 Å². The van der Waals surface area contributed by atoms with Crippen molar-refractivity contribution in [2.45, 2.75) is 50.6 Å². The maximum atomic E-state index is 14.5. The minimum atomic E-state index is -4.18. The zero-order valence-electron chi connectivity index (χ0n) is 25.3. The van der Waals surface area contributed by atoms with Crippen molar-refractivity contribution >= 4 is 50.7 Å². The molecule has 0 saturated heterocycles. The standard InChI is InChI=1S/C35H37Cl2N3O4S/c1-3-4-22-38-35(42)33(23-27-12-7-5-8-13-27)39(24-30-31(36)16-11-17-32(30)37)34(41)25-40(28-14-9-6-10-15-28)45(43,44)29-20-18-26(2)19-21-29/h5-21,33H,3-4,22-25H2,1-2H3,(H,38,42)/t33-/m1/s1. The molecule has 0 saturated carbocycles. The molecule has 2 amide bonds. The summed E-state index contributed by atoms with van der Waals surface area (Å²) in [6, 6.07) is 28.3. The highest BCUT2D eigenvalue weighted by atomic mass is 35.5. The van der Waals surface area contributed by atoms with Gasteiger partial charge in [0.05, 0.1) is 10.6 Å². The number of nitrogens with one attached hydrogen (secondary N) is 1. The summed E-state index contributed by atoms with van der Waals surface area (Å²) in [5.74, 6) is -0.936. The lowest BCUT2D eigenvalue weighted by Crippen LogP contribution is -2.53. The SMILES string of the molecule is CCCCNC(=O)[C@@H](Cc1ccccc1)N(Cc1c(Cl)cccc1Cl)C(=O)CN(c1ccccc1)S(=O)(=O)c1ccc(C)cc1. The molecule has 0 bridgehead atoms. The lowest BCUT2D eigenvalue weighted by atomic mass is 10.0. The Morgan fingerprint density at radius 3 is 2.02 bits per heavy atom. The molecule has 45 heavy (non-hydrogen) atoms. The predicted octanol–water partition coefficient (Wildman–Crippen LogP) is 7.05. The van der Waals surface area contributed by atoms with Crippen molar-refractivity contribution < 1.29 is 18.0 Å². The van der Waals surface area contributed by atoms with E-state index >= 15 is 0 Å². The van der Waals surface area contributed by atoms with E-state index in [2.05, 4.69) is 5.32 Å². The van der Waals surface area contributed by atoms with Crippen molar-refractivity contribution in [1.82, 2.24) is 10.2 Å². The van der Waals surface area contributed by atoms with Crippen molar-refractivity contribution in [1.29, 1.82) is 0 Å². The molecule has 0 fully saturated rings. The molecule has 0 aliphatic heterocycles. The fourth-order valence-electron chi connectivity index (χ4n) is 4.87. The van der Waals surface area contributed by atoms with Gasteiger partial charge in [-0.1, -0.05) is 109 Å². The summed E-state index contributed by atoms with van der Waals surface area (Å²) >= 11 is 13.1. The molecule has 4 aromatic carbocycles. The summed E-state index contributed by atoms with van der Waals surface area (Å²) in [6.45, 7) is 3.66. The third-order valence-corrected chi connectivity index (χ3v) is 9.92. The molecule has 10 heteroatoms. The van der Waals surface area contributed by atoms with Gasteiger partial charge in [0.1, 0.15) is 12.6 Å². The Morgan fingerprint density at radius 2 is 1.42 bits per heavy atom. The van der Waals surface area contributed by atoms with Crippen LogP contribution in [0.5, 0.6) is 0 Å². The second-order valence-electron chi connectivity index (χ2n) is 10.7. The molecular weight excluding hydrogens is 629 g/mol. The molecule has 0 heterocycles. The highest BCUT2D eigenvalue weighted by Crippen LogP contribution is 2.29. The number of halogens is 2. The lowest BCUT2D eigenvalue weighted by Gasteiger charge is -2.34. The van der Waals surface area contributed by atoms with Crippen LogP contribution in [-0.4, -0.2) is 44.3 Å². The van der Waals surface area contributed by atoms with Gasteiger partial charge >= 0.3 is 0 Å². The fourth-order valence-corrected chi connectivity index (χ4v) is 6.81. The van der Waals surface area contributed by atoms with E-state index in [0.717, 1.165) is 28.3 Å². The van der Waals surface area contributed by atoms with Gasteiger partial charge in [0, 0.05) is 35.1 Å². The number of sulfonamides is 1. The third-order valence-electron chi connectivity index (χ3n) is 7.42. The van der Waals surface area contributed by atoms with E-state index < -0.39 is 28.5 Å². The third kappa shape index (κ3) is 8.87. The molecular formula is C35H37Cl2N3O4S. The van der Waals surface area contributed by atoms with Crippen LogP contribution in [-0.2, 0) is 32.6 Å². The number of carbonyl (C=O) groups is 2. The Balaban J connectivity index is 1.80. The number of carbonyl (C=O) groups excluding carboxylic acids is 2. The van der Waals surface area contributed by atoms with Gasteiger partial charge in [-0.05, 0) is 55.3 Å². The van der Waals surface area contributed by atoms with E-state index in [0.29, 0.717) is 27.8 Å². The number of rotatable bonds is 14. The van der Waals surface area contributed by atoms with Crippen LogP contribution >= 0.6 is 23.2 Å². The largest absolute Gasteiger partial charge is 0.354 e. The van der Waals surface area contributed by atoms with Crippen molar-refractivity contribution in [2.75, 3.05) is 17.4 Å². The van der Waals surface area contributed by atoms with Gasteiger partial charge in [0.25, 0.3) is 10.0 Å². The summed E-state index contributed by atoms with van der Waals surface area (Å²) in [6.07, 6.45) is 1.84. The van der Waals surface area contributed by atoms with E-state index in [9.17, 15) is 18.0 Å². The Hall–Kier alpha value is -3.85. The van der Waals surface area contributed by atoms with Crippen LogP contribution in [0.1, 0.15) is 36.5 Å². The number of anilines is 1. The number of hydrogen-bond acceptors (Lipinski definition) is 4. The molecule has 0 aliphatic carbocycles. The Labute approximate surface area is 275 Å². The summed E-state index contributed by atoms with van der Waals surface area (Å²) in [5, 5.41) is 3.63. The summed E-state index contributed by atoms with van der Waals surface area (Å²) in [5.41, 5.74) is 2.51. The second-order valence-corrected chi connectivity index (χ2v) is 13.4. The first-order chi connectivity index (χ1) is 21.6. The number of unbranched alkanes of at least 4 members (excludes halogenated alkanes) is 1. The maximum Gasteiger partial charge on any atom is 0.264 e. The number of hydrogen-bond donors (Lipinski definition) is 1. The zero-order valence-corrected chi connectivity index (χ0v) is 27.7. The molecule has 236 valence electrons. The lowest BCUT2D eigenvalue weighted by molar-refractivity contribution is -0.140. The van der Waals surface area contributed by atoms with Crippen molar-refractivity contribution in [2.24, 2.45) is 0 Å². The summed E-state index contributed by atoms with van der Waals surface area (Å²) in [7, 11) is -4.18. The van der Waals surface area contributed by atoms with Crippen LogP contribution < -0.4 is 9.62 Å². The van der Waals surface area contributed by atoms with E-state index in [4.69, 9.17) is 23.2 Å². The van der Waals surface area contributed by atoms with Crippen LogP contribution in [0, 0.1) is 6.92 Å². The van der Waals surface area contributed by atoms with Crippen LogP contribution in [0.15, 0.2) is 108 Å². The molecule has 1 atom stereocenters. The van der Waals surface area contributed by atoms with Gasteiger partial charge in [-0.3, -0.25) is 13.9 Å². The minimum absolute atomic E-state index is 0.0450. The summed E-state index contributed by atoms with van der Waals surface area (Å²) < 4.78 is 29.2. The van der Waals surface area contributed by atoms with Crippen LogP contribution in [0.2, 0.25) is 10.0 Å². The molecule has 0 spiro atoms. The molecule has 0 radical (unpaired) electrons. The number of nitrogens with zero attached hydrogens (tertiary/aromatic N) is 2. The second kappa shape index (κ2) is 15.9. The van der Waals surface area contributed by atoms with E-state index in [1.54, 1.807) is 60.7 Å². The van der Waals surface area contributed by atoms with Crippen LogP contribution in [0.3, 0.4) is 0 Å². The van der Waals surface area contributed by atoms with Crippen LogP contribution in [0.25, 0.3) is 0 Å². The van der Waals surface area contributed by atoms with Gasteiger partial charge in [-0.25, -0.2) is 8.42 Å². The molecule has 1 N–H and O–H groups in total. The highest BCUT2D eigenvalue weighted by Gasteiger charge is 2.35. The molecule has 0 aliphatic rings. The molecule has 7 nitrogen and oxygen atoms in total. The molecule has 0 aromatic heterocycles. The topological polar surface area (TPSA) is 86.8 Å². The smallest absolute Gasteiger partial charge is 0.264 e. The monoisotopic (exact) mass is 665 g/mol. The van der Waals surface area contributed by atoms with Gasteiger partial charge in [-0.15, -0.1) is 0 Å². The Kier molecular flexibility index (Phi) is 12.0. The number of amides is 2. The average molecular weight is 667 g/mol. The van der Waals surface area contributed by atoms with Gasteiger partial charge in [0.15, 0.2) is 0 Å². The van der Waals surface area contributed by atoms with E-state index in [1.807, 2.05) is 44.2 Å². The molecule has 0 unspecified atom stereocenters. The minimum Gasteiger partial charge on any atom is -0.354 e. The van der Waals surface area contributed by atoms with Crippen LogP contribution in [0.4, 0.5) is 5.69 Å². The van der Waals surface area contributed by atoms with Gasteiger partial charge < -0.3 is 10.2 Å². The number of benzene rings is 4. The number of aryl methyl sites for hydroxylation is 1. The zero-order chi connectivity index (χ0) is 32.4. The normalized spacial score (nSPS) is 11.9. The Morgan fingerprint density at radius 1 is 0.822 bits per heavy atom. The molecule has 4 rings (SSSR count). The average Bonchev–Trinajstić information content (AvgIpc) is 3.03. The van der Waals surface area contributed by atoms with E-state index in [-0.39, 0.29) is 23.8 Å². The predicted molar refractivity (Wildman–Crippen MR) is 181 cm³/mol. The highest BCUT2D eigenvalue weighted by molar-refractivity contribution is 7.92. The maximum absolute atomic E-state index is 14.5.